The summed E-state index contributed by atoms with van der Waals surface area (Å²) in [4.78, 5) is 27.3. The maximum Gasteiger partial charge on any atom is 0.325 e. The molecular formula is C18H16BrF2N3O2. The van der Waals surface area contributed by atoms with Crippen LogP contribution in [-0.4, -0.2) is 36.5 Å². The molecule has 0 spiro atoms. The molecule has 1 N–H and O–H groups in total. The number of hydrogen-bond donors (Lipinski definition) is 1. The molecule has 0 saturated carbocycles. The second kappa shape index (κ2) is 7.41. The Morgan fingerprint density at radius 2 is 1.92 bits per heavy atom. The van der Waals surface area contributed by atoms with Gasteiger partial charge in [0.1, 0.15) is 6.54 Å². The molecule has 26 heavy (non-hydrogen) atoms. The van der Waals surface area contributed by atoms with E-state index < -0.39 is 17.7 Å². The first-order chi connectivity index (χ1) is 12.3. The van der Waals surface area contributed by atoms with Gasteiger partial charge in [0.05, 0.1) is 0 Å². The van der Waals surface area contributed by atoms with Crippen molar-refractivity contribution < 1.29 is 18.4 Å². The van der Waals surface area contributed by atoms with Crippen LogP contribution >= 0.6 is 15.9 Å². The Bertz CT molecular complexity index is 876. The standard InChI is InChI=1S/C18H16BrF2N3O2/c1-11-8-12(2-4-14(11)19)22-17(25)10-23-6-7-24(18(23)26)13-3-5-15(20)16(21)9-13/h2-5,8-9H,6-7,10H2,1H3,(H,22,25). The van der Waals surface area contributed by atoms with Crippen molar-refractivity contribution in [3.63, 3.8) is 0 Å². The van der Waals surface area contributed by atoms with Gasteiger partial charge in [0, 0.05) is 35.0 Å². The van der Waals surface area contributed by atoms with Crippen LogP contribution < -0.4 is 10.2 Å². The van der Waals surface area contributed by atoms with Crippen molar-refractivity contribution in [2.75, 3.05) is 29.9 Å². The van der Waals surface area contributed by atoms with E-state index in [1.807, 2.05) is 19.1 Å². The molecule has 1 saturated heterocycles. The molecule has 1 heterocycles. The molecule has 2 aromatic carbocycles. The molecule has 3 amide bonds. The molecule has 0 unspecified atom stereocenters. The lowest BCUT2D eigenvalue weighted by molar-refractivity contribution is -0.116. The quantitative estimate of drug-likeness (QED) is 0.809. The number of carbonyl (C=O) groups is 2. The van der Waals surface area contributed by atoms with Crippen LogP contribution in [0.3, 0.4) is 0 Å². The molecule has 136 valence electrons. The number of nitrogens with one attached hydrogen (secondary N) is 1. The van der Waals surface area contributed by atoms with Gasteiger partial charge in [0.25, 0.3) is 0 Å². The highest BCUT2D eigenvalue weighted by atomic mass is 79.9. The van der Waals surface area contributed by atoms with E-state index in [1.165, 1.54) is 15.9 Å². The van der Waals surface area contributed by atoms with Gasteiger partial charge in [-0.1, -0.05) is 15.9 Å². The largest absolute Gasteiger partial charge is 0.325 e. The van der Waals surface area contributed by atoms with Gasteiger partial charge in [0.2, 0.25) is 5.91 Å². The normalized spacial score (nSPS) is 14.1. The molecule has 0 radical (unpaired) electrons. The number of aryl methyl sites for hydroxylation is 1. The number of hydrogen-bond acceptors (Lipinski definition) is 2. The predicted molar refractivity (Wildman–Crippen MR) is 98.2 cm³/mol. The molecule has 5 nitrogen and oxygen atoms in total. The van der Waals surface area contributed by atoms with Gasteiger partial charge in [-0.15, -0.1) is 0 Å². The second-order valence-electron chi connectivity index (χ2n) is 5.97. The fraction of sp³-hybridized carbons (Fsp3) is 0.222. The highest BCUT2D eigenvalue weighted by Crippen LogP contribution is 2.23. The van der Waals surface area contributed by atoms with Crippen LogP contribution in [0, 0.1) is 18.6 Å². The third kappa shape index (κ3) is 3.85. The zero-order valence-electron chi connectivity index (χ0n) is 13.9. The zero-order chi connectivity index (χ0) is 18.8. The fourth-order valence-electron chi connectivity index (χ4n) is 2.72. The average molecular weight is 424 g/mol. The van der Waals surface area contributed by atoms with E-state index in [9.17, 15) is 18.4 Å². The number of benzene rings is 2. The maximum atomic E-state index is 13.4. The summed E-state index contributed by atoms with van der Waals surface area (Å²) < 4.78 is 27.4. The van der Waals surface area contributed by atoms with Crippen LogP contribution in [0.1, 0.15) is 5.56 Å². The van der Waals surface area contributed by atoms with Crippen molar-refractivity contribution in [3.05, 3.63) is 58.1 Å². The summed E-state index contributed by atoms with van der Waals surface area (Å²) in [6.07, 6.45) is 0. The Morgan fingerprint density at radius 1 is 1.15 bits per heavy atom. The third-order valence-corrected chi connectivity index (χ3v) is 4.98. The summed E-state index contributed by atoms with van der Waals surface area (Å²) in [7, 11) is 0. The van der Waals surface area contributed by atoms with E-state index in [2.05, 4.69) is 21.2 Å². The van der Waals surface area contributed by atoms with E-state index in [1.54, 1.807) is 6.07 Å². The molecular weight excluding hydrogens is 408 g/mol. The number of halogens is 3. The first-order valence-electron chi connectivity index (χ1n) is 7.92. The minimum Gasteiger partial charge on any atom is -0.325 e. The van der Waals surface area contributed by atoms with E-state index in [0.29, 0.717) is 18.8 Å². The first-order valence-corrected chi connectivity index (χ1v) is 8.72. The van der Waals surface area contributed by atoms with Crippen molar-refractivity contribution in [3.8, 4) is 0 Å². The first kappa shape index (κ1) is 18.3. The minimum absolute atomic E-state index is 0.117. The molecule has 1 fully saturated rings. The van der Waals surface area contributed by atoms with Gasteiger partial charge in [-0.05, 0) is 42.8 Å². The van der Waals surface area contributed by atoms with Crippen LogP contribution in [0.2, 0.25) is 0 Å². The molecule has 1 aliphatic heterocycles. The molecule has 2 aromatic rings. The van der Waals surface area contributed by atoms with Crippen molar-refractivity contribution in [2.45, 2.75) is 6.92 Å². The van der Waals surface area contributed by atoms with Gasteiger partial charge in [-0.3, -0.25) is 9.69 Å². The van der Waals surface area contributed by atoms with Gasteiger partial charge in [-0.25, -0.2) is 13.6 Å². The monoisotopic (exact) mass is 423 g/mol. The molecule has 8 heteroatoms. The van der Waals surface area contributed by atoms with Crippen molar-refractivity contribution in [2.24, 2.45) is 0 Å². The second-order valence-corrected chi connectivity index (χ2v) is 6.82. The summed E-state index contributed by atoms with van der Waals surface area (Å²) in [5, 5.41) is 2.75. The highest BCUT2D eigenvalue weighted by Gasteiger charge is 2.31. The fourth-order valence-corrected chi connectivity index (χ4v) is 2.96. The smallest absolute Gasteiger partial charge is 0.325 e. The summed E-state index contributed by atoms with van der Waals surface area (Å²) in [6.45, 7) is 2.41. The van der Waals surface area contributed by atoms with Crippen molar-refractivity contribution in [1.82, 2.24) is 4.90 Å². The zero-order valence-corrected chi connectivity index (χ0v) is 15.5. The molecule has 0 aliphatic carbocycles. The van der Waals surface area contributed by atoms with E-state index in [0.717, 1.165) is 22.2 Å². The van der Waals surface area contributed by atoms with Gasteiger partial charge < -0.3 is 10.2 Å². The number of nitrogens with zero attached hydrogens (tertiary/aromatic N) is 2. The lowest BCUT2D eigenvalue weighted by atomic mass is 10.2. The van der Waals surface area contributed by atoms with E-state index in [4.69, 9.17) is 0 Å². The number of rotatable bonds is 4. The highest BCUT2D eigenvalue weighted by molar-refractivity contribution is 9.10. The molecule has 0 aromatic heterocycles. The molecule has 0 atom stereocenters. The van der Waals surface area contributed by atoms with Crippen molar-refractivity contribution in [1.29, 1.82) is 0 Å². The number of urea groups is 1. The molecule has 1 aliphatic rings. The van der Waals surface area contributed by atoms with Crippen LogP contribution in [0.25, 0.3) is 0 Å². The SMILES string of the molecule is Cc1cc(NC(=O)CN2CCN(c3ccc(F)c(F)c3)C2=O)ccc1Br. The number of carbonyl (C=O) groups excluding carboxylic acids is 2. The predicted octanol–water partition coefficient (Wildman–Crippen LogP) is 3.92. The Balaban J connectivity index is 1.63. The number of anilines is 2. The topological polar surface area (TPSA) is 52.7 Å². The van der Waals surface area contributed by atoms with Crippen molar-refractivity contribution >= 4 is 39.2 Å². The Morgan fingerprint density at radius 3 is 2.62 bits per heavy atom. The summed E-state index contributed by atoms with van der Waals surface area (Å²) in [5.74, 6) is -2.31. The van der Waals surface area contributed by atoms with Gasteiger partial charge in [0.15, 0.2) is 11.6 Å². The van der Waals surface area contributed by atoms with Crippen LogP contribution in [0.15, 0.2) is 40.9 Å². The van der Waals surface area contributed by atoms with Gasteiger partial charge >= 0.3 is 6.03 Å². The number of amides is 3. The lowest BCUT2D eigenvalue weighted by Gasteiger charge is -2.18. The van der Waals surface area contributed by atoms with Crippen LogP contribution in [0.4, 0.5) is 25.0 Å². The summed E-state index contributed by atoms with van der Waals surface area (Å²) >= 11 is 3.39. The van der Waals surface area contributed by atoms with E-state index >= 15 is 0 Å². The Kier molecular flexibility index (Phi) is 5.22. The maximum absolute atomic E-state index is 13.4. The van der Waals surface area contributed by atoms with Crippen LogP contribution in [0.5, 0.6) is 0 Å². The average Bonchev–Trinajstić information content (AvgIpc) is 2.94. The minimum atomic E-state index is -1.02. The summed E-state index contributed by atoms with van der Waals surface area (Å²) in [5.41, 5.74) is 1.88. The third-order valence-electron chi connectivity index (χ3n) is 4.09. The van der Waals surface area contributed by atoms with E-state index in [-0.39, 0.29) is 18.1 Å². The van der Waals surface area contributed by atoms with Crippen LogP contribution in [-0.2, 0) is 4.79 Å². The Labute approximate surface area is 157 Å². The Hall–Kier alpha value is -2.48. The molecule has 0 bridgehead atoms. The summed E-state index contributed by atoms with van der Waals surface area (Å²) in [6, 6.07) is 8.28. The van der Waals surface area contributed by atoms with Gasteiger partial charge in [-0.2, -0.15) is 0 Å². The molecule has 3 rings (SSSR count). The lowest BCUT2D eigenvalue weighted by Crippen LogP contribution is -2.37.